The van der Waals surface area contributed by atoms with E-state index in [4.69, 9.17) is 4.74 Å². The van der Waals surface area contributed by atoms with Crippen molar-refractivity contribution in [3.05, 3.63) is 0 Å². The molecule has 0 bridgehead atoms. The highest BCUT2D eigenvalue weighted by molar-refractivity contribution is 5.70. The van der Waals surface area contributed by atoms with Gasteiger partial charge in [0.2, 0.25) is 0 Å². The maximum absolute atomic E-state index is 11.7. The zero-order valence-corrected chi connectivity index (χ0v) is 12.5. The van der Waals surface area contributed by atoms with E-state index in [0.29, 0.717) is 11.8 Å². The van der Waals surface area contributed by atoms with Gasteiger partial charge in [-0.1, -0.05) is 27.2 Å². The molecule has 1 fully saturated rings. The second kappa shape index (κ2) is 6.55. The Kier molecular flexibility index (Phi) is 5.64. The first-order valence-corrected chi connectivity index (χ1v) is 7.25. The molecule has 1 aliphatic rings. The van der Waals surface area contributed by atoms with Gasteiger partial charge in [0.25, 0.3) is 0 Å². The Morgan fingerprint density at radius 2 is 1.94 bits per heavy atom. The molecule has 0 aromatic rings. The summed E-state index contributed by atoms with van der Waals surface area (Å²) in [5.41, 5.74) is 0.378. The van der Waals surface area contributed by atoms with Crippen molar-refractivity contribution in [2.24, 2.45) is 5.41 Å². The normalized spacial score (nSPS) is 27.6. The molecule has 18 heavy (non-hydrogen) atoms. The molecule has 1 rings (SSSR count). The van der Waals surface area contributed by atoms with Gasteiger partial charge in [0, 0.05) is 5.54 Å². The third kappa shape index (κ3) is 4.60. The monoisotopic (exact) mass is 255 g/mol. The highest BCUT2D eigenvalue weighted by atomic mass is 16.5. The minimum absolute atomic E-state index is 0.0309. The largest absolute Gasteiger partial charge is 0.469 e. The predicted molar refractivity (Wildman–Crippen MR) is 74.5 cm³/mol. The van der Waals surface area contributed by atoms with E-state index in [9.17, 15) is 4.79 Å². The molecule has 0 radical (unpaired) electrons. The fourth-order valence-corrected chi connectivity index (χ4v) is 2.89. The van der Waals surface area contributed by atoms with E-state index in [-0.39, 0.29) is 11.5 Å². The third-order valence-electron chi connectivity index (χ3n) is 4.25. The van der Waals surface area contributed by atoms with Crippen LogP contribution in [-0.4, -0.2) is 25.2 Å². The number of ether oxygens (including phenoxy) is 1. The van der Waals surface area contributed by atoms with Gasteiger partial charge >= 0.3 is 5.97 Å². The van der Waals surface area contributed by atoms with Gasteiger partial charge in [0.1, 0.15) is 0 Å². The minimum Gasteiger partial charge on any atom is -0.469 e. The fourth-order valence-electron chi connectivity index (χ4n) is 2.89. The molecule has 3 nitrogen and oxygen atoms in total. The standard InChI is InChI=1S/C15H29NO2/c1-5-11-16-15(12-13(17)18-4)8-6-7-14(2,3)9-10-15/h16H,5-12H2,1-4H3. The molecule has 0 aromatic carbocycles. The lowest BCUT2D eigenvalue weighted by Gasteiger charge is -2.34. The Hall–Kier alpha value is -0.570. The average Bonchev–Trinajstić information content (AvgIpc) is 2.47. The van der Waals surface area contributed by atoms with Crippen LogP contribution in [0.3, 0.4) is 0 Å². The summed E-state index contributed by atoms with van der Waals surface area (Å²) in [6.07, 6.45) is 7.41. The van der Waals surface area contributed by atoms with Crippen molar-refractivity contribution in [1.29, 1.82) is 0 Å². The molecule has 0 heterocycles. The van der Waals surface area contributed by atoms with Crippen LogP contribution < -0.4 is 5.32 Å². The van der Waals surface area contributed by atoms with Crippen LogP contribution in [0.25, 0.3) is 0 Å². The smallest absolute Gasteiger partial charge is 0.307 e. The first-order valence-electron chi connectivity index (χ1n) is 7.25. The van der Waals surface area contributed by atoms with Crippen molar-refractivity contribution >= 4 is 5.97 Å². The van der Waals surface area contributed by atoms with E-state index in [1.165, 1.54) is 26.4 Å². The van der Waals surface area contributed by atoms with E-state index in [2.05, 4.69) is 26.1 Å². The maximum Gasteiger partial charge on any atom is 0.307 e. The average molecular weight is 255 g/mol. The van der Waals surface area contributed by atoms with Crippen LogP contribution >= 0.6 is 0 Å². The lowest BCUT2D eigenvalue weighted by Crippen LogP contribution is -2.47. The molecule has 1 saturated carbocycles. The lowest BCUT2D eigenvalue weighted by atomic mass is 9.82. The molecule has 1 aliphatic carbocycles. The summed E-state index contributed by atoms with van der Waals surface area (Å²) in [6, 6.07) is 0. The van der Waals surface area contributed by atoms with Crippen molar-refractivity contribution < 1.29 is 9.53 Å². The van der Waals surface area contributed by atoms with Gasteiger partial charge in [-0.05, 0) is 44.1 Å². The second-order valence-corrected chi connectivity index (χ2v) is 6.48. The molecule has 0 spiro atoms. The minimum atomic E-state index is -0.0849. The van der Waals surface area contributed by atoms with Crippen LogP contribution in [0.15, 0.2) is 0 Å². The molecule has 1 N–H and O–H groups in total. The van der Waals surface area contributed by atoms with E-state index >= 15 is 0 Å². The summed E-state index contributed by atoms with van der Waals surface area (Å²) in [4.78, 5) is 11.7. The Bertz CT molecular complexity index is 276. The number of hydrogen-bond donors (Lipinski definition) is 1. The Morgan fingerprint density at radius 1 is 1.22 bits per heavy atom. The van der Waals surface area contributed by atoms with Crippen LogP contribution in [0, 0.1) is 5.41 Å². The van der Waals surface area contributed by atoms with E-state index < -0.39 is 0 Å². The quantitative estimate of drug-likeness (QED) is 0.605. The molecule has 0 amide bonds. The predicted octanol–water partition coefficient (Wildman–Crippen LogP) is 3.28. The Balaban J connectivity index is 2.73. The van der Waals surface area contributed by atoms with E-state index in [1.807, 2.05) is 0 Å². The van der Waals surface area contributed by atoms with Gasteiger partial charge in [-0.3, -0.25) is 4.79 Å². The summed E-state index contributed by atoms with van der Waals surface area (Å²) in [7, 11) is 1.48. The van der Waals surface area contributed by atoms with Crippen LogP contribution in [0.5, 0.6) is 0 Å². The first-order chi connectivity index (χ1) is 8.43. The first kappa shape index (κ1) is 15.5. The van der Waals surface area contributed by atoms with Crippen molar-refractivity contribution in [2.45, 2.75) is 71.3 Å². The van der Waals surface area contributed by atoms with Crippen molar-refractivity contribution in [3.8, 4) is 0 Å². The molecular formula is C15H29NO2. The van der Waals surface area contributed by atoms with Crippen LogP contribution in [0.4, 0.5) is 0 Å². The van der Waals surface area contributed by atoms with Gasteiger partial charge in [0.15, 0.2) is 0 Å². The molecule has 1 unspecified atom stereocenters. The van der Waals surface area contributed by atoms with Crippen molar-refractivity contribution in [1.82, 2.24) is 5.32 Å². The summed E-state index contributed by atoms with van der Waals surface area (Å²) in [5.74, 6) is -0.0849. The molecule has 0 saturated heterocycles. The number of carbonyl (C=O) groups is 1. The summed E-state index contributed by atoms with van der Waals surface area (Å²) in [5, 5.41) is 3.63. The third-order valence-corrected chi connectivity index (χ3v) is 4.25. The number of rotatable bonds is 5. The SMILES string of the molecule is CCCNC1(CC(=O)OC)CCCC(C)(C)CC1. The summed E-state index contributed by atoms with van der Waals surface area (Å²) < 4.78 is 4.87. The molecular weight excluding hydrogens is 226 g/mol. The van der Waals surface area contributed by atoms with Gasteiger partial charge in [-0.25, -0.2) is 0 Å². The van der Waals surface area contributed by atoms with Gasteiger partial charge in [0.05, 0.1) is 13.5 Å². The maximum atomic E-state index is 11.7. The fraction of sp³-hybridized carbons (Fsp3) is 0.933. The zero-order chi connectivity index (χ0) is 13.6. The van der Waals surface area contributed by atoms with Crippen LogP contribution in [-0.2, 0) is 9.53 Å². The molecule has 0 aliphatic heterocycles. The van der Waals surface area contributed by atoms with E-state index in [1.54, 1.807) is 0 Å². The van der Waals surface area contributed by atoms with Gasteiger partial charge < -0.3 is 10.1 Å². The van der Waals surface area contributed by atoms with Crippen molar-refractivity contribution in [2.75, 3.05) is 13.7 Å². The number of hydrogen-bond acceptors (Lipinski definition) is 3. The molecule has 106 valence electrons. The van der Waals surface area contributed by atoms with Crippen LogP contribution in [0.2, 0.25) is 0 Å². The second-order valence-electron chi connectivity index (χ2n) is 6.48. The zero-order valence-electron chi connectivity index (χ0n) is 12.5. The highest BCUT2D eigenvalue weighted by Gasteiger charge is 2.37. The summed E-state index contributed by atoms with van der Waals surface area (Å²) >= 11 is 0. The van der Waals surface area contributed by atoms with Crippen LogP contribution in [0.1, 0.15) is 65.7 Å². The lowest BCUT2D eigenvalue weighted by molar-refractivity contribution is -0.142. The van der Waals surface area contributed by atoms with Crippen molar-refractivity contribution in [3.63, 3.8) is 0 Å². The molecule has 3 heteroatoms. The molecule has 1 atom stereocenters. The van der Waals surface area contributed by atoms with Gasteiger partial charge in [-0.15, -0.1) is 0 Å². The topological polar surface area (TPSA) is 38.3 Å². The Labute approximate surface area is 112 Å². The Morgan fingerprint density at radius 3 is 2.56 bits per heavy atom. The molecule has 0 aromatic heterocycles. The number of nitrogens with one attached hydrogen (secondary N) is 1. The number of esters is 1. The van der Waals surface area contributed by atoms with Gasteiger partial charge in [-0.2, -0.15) is 0 Å². The number of carbonyl (C=O) groups excluding carboxylic acids is 1. The number of methoxy groups -OCH3 is 1. The summed E-state index contributed by atoms with van der Waals surface area (Å²) in [6.45, 7) is 7.82. The highest BCUT2D eigenvalue weighted by Crippen LogP contribution is 2.39. The van der Waals surface area contributed by atoms with E-state index in [0.717, 1.165) is 25.8 Å².